The first kappa shape index (κ1) is 18.3. The minimum absolute atomic E-state index is 0.0579. The Labute approximate surface area is 159 Å². The van der Waals surface area contributed by atoms with Gasteiger partial charge in [0.1, 0.15) is 5.60 Å². The maximum Gasteiger partial charge on any atom is 0.254 e. The van der Waals surface area contributed by atoms with E-state index in [1.165, 1.54) is 0 Å². The molecular formula is C21H27N3O3. The summed E-state index contributed by atoms with van der Waals surface area (Å²) in [5, 5.41) is 22.4. The predicted octanol–water partition coefficient (Wildman–Crippen LogP) is 1.05. The summed E-state index contributed by atoms with van der Waals surface area (Å²) in [7, 11) is 2.00. The SMILES string of the molecule is CN1CCC(O)(C(=O)N2C[C@@H](Cc3ccc4ccccc4n3)[C@H](O)C2)CC1. The molecule has 27 heavy (non-hydrogen) atoms. The highest BCUT2D eigenvalue weighted by atomic mass is 16.3. The first-order valence-corrected chi connectivity index (χ1v) is 9.68. The summed E-state index contributed by atoms with van der Waals surface area (Å²) < 4.78 is 0. The molecule has 4 rings (SSSR count). The van der Waals surface area contributed by atoms with E-state index in [1.54, 1.807) is 4.90 Å². The third kappa shape index (κ3) is 3.70. The van der Waals surface area contributed by atoms with Crippen LogP contribution in [0.5, 0.6) is 0 Å². The van der Waals surface area contributed by atoms with Crippen molar-refractivity contribution in [1.82, 2.24) is 14.8 Å². The number of β-amino-alcohol motifs (C(OH)–C–C–N with tert-alkyl or cyclic N) is 1. The van der Waals surface area contributed by atoms with Gasteiger partial charge < -0.3 is 20.0 Å². The van der Waals surface area contributed by atoms with Crippen molar-refractivity contribution in [2.24, 2.45) is 5.92 Å². The van der Waals surface area contributed by atoms with E-state index >= 15 is 0 Å². The number of para-hydroxylation sites is 1. The Hall–Kier alpha value is -2.02. The van der Waals surface area contributed by atoms with Crippen molar-refractivity contribution in [1.29, 1.82) is 0 Å². The highest BCUT2D eigenvalue weighted by molar-refractivity contribution is 5.85. The van der Waals surface area contributed by atoms with Crippen LogP contribution in [0.2, 0.25) is 0 Å². The van der Waals surface area contributed by atoms with Crippen molar-refractivity contribution in [3.05, 3.63) is 42.1 Å². The lowest BCUT2D eigenvalue weighted by atomic mass is 9.90. The number of piperidine rings is 1. The van der Waals surface area contributed by atoms with Gasteiger partial charge >= 0.3 is 0 Å². The molecule has 0 unspecified atom stereocenters. The van der Waals surface area contributed by atoms with Gasteiger partial charge in [0, 0.05) is 43.2 Å². The molecule has 3 heterocycles. The molecule has 6 nitrogen and oxygen atoms in total. The lowest BCUT2D eigenvalue weighted by Gasteiger charge is -2.37. The monoisotopic (exact) mass is 369 g/mol. The Morgan fingerprint density at radius 3 is 2.70 bits per heavy atom. The maximum atomic E-state index is 12.9. The zero-order valence-corrected chi connectivity index (χ0v) is 15.7. The highest BCUT2D eigenvalue weighted by Gasteiger charge is 2.45. The molecule has 1 amide bonds. The molecule has 2 atom stereocenters. The molecule has 144 valence electrons. The Bertz CT molecular complexity index is 832. The standard InChI is InChI=1S/C21H27N3O3/c1-23-10-8-21(27,9-11-23)20(26)24-13-16(19(25)14-24)12-17-7-6-15-4-2-3-5-18(15)22-17/h2-7,16,19,25,27H,8-14H2,1H3/t16-,19-/m1/s1. The minimum atomic E-state index is -1.29. The fraction of sp³-hybridized carbons (Fsp3) is 0.524. The van der Waals surface area contributed by atoms with Crippen LogP contribution < -0.4 is 0 Å². The van der Waals surface area contributed by atoms with E-state index in [0.29, 0.717) is 38.9 Å². The van der Waals surface area contributed by atoms with E-state index in [-0.39, 0.29) is 18.4 Å². The van der Waals surface area contributed by atoms with Crippen LogP contribution in [-0.4, -0.2) is 75.8 Å². The largest absolute Gasteiger partial charge is 0.391 e. The molecule has 0 saturated carbocycles. The first-order valence-electron chi connectivity index (χ1n) is 9.68. The van der Waals surface area contributed by atoms with Crippen LogP contribution in [0.4, 0.5) is 0 Å². The molecule has 1 aromatic heterocycles. The summed E-state index contributed by atoms with van der Waals surface area (Å²) in [6.07, 6.45) is 0.936. The second kappa shape index (κ2) is 7.19. The van der Waals surface area contributed by atoms with Gasteiger partial charge in [-0.15, -0.1) is 0 Å². The molecule has 2 N–H and O–H groups in total. The molecule has 0 spiro atoms. The van der Waals surface area contributed by atoms with Gasteiger partial charge in [0.05, 0.1) is 11.6 Å². The van der Waals surface area contributed by atoms with E-state index in [4.69, 9.17) is 0 Å². The minimum Gasteiger partial charge on any atom is -0.391 e. The van der Waals surface area contributed by atoms with E-state index in [0.717, 1.165) is 16.6 Å². The Morgan fingerprint density at radius 2 is 1.93 bits per heavy atom. The average Bonchev–Trinajstić information content (AvgIpc) is 3.04. The molecule has 1 aromatic carbocycles. The summed E-state index contributed by atoms with van der Waals surface area (Å²) in [5.74, 6) is -0.291. The number of fused-ring (bicyclic) bond motifs is 1. The smallest absolute Gasteiger partial charge is 0.254 e. The number of nitrogens with zero attached hydrogens (tertiary/aromatic N) is 3. The summed E-state index contributed by atoms with van der Waals surface area (Å²) in [6.45, 7) is 2.17. The number of aliphatic hydroxyl groups excluding tert-OH is 1. The maximum absolute atomic E-state index is 12.9. The lowest BCUT2D eigenvalue weighted by molar-refractivity contribution is -0.155. The van der Waals surface area contributed by atoms with Gasteiger partial charge in [0.25, 0.3) is 5.91 Å². The van der Waals surface area contributed by atoms with Crippen LogP contribution in [-0.2, 0) is 11.2 Å². The Morgan fingerprint density at radius 1 is 1.19 bits per heavy atom. The molecule has 0 radical (unpaired) electrons. The van der Waals surface area contributed by atoms with Crippen LogP contribution in [0, 0.1) is 5.92 Å². The van der Waals surface area contributed by atoms with Crippen molar-refractivity contribution < 1.29 is 15.0 Å². The number of likely N-dealkylation sites (tertiary alicyclic amines) is 2. The number of pyridine rings is 1. The van der Waals surface area contributed by atoms with Gasteiger partial charge in [-0.2, -0.15) is 0 Å². The number of aliphatic hydroxyl groups is 2. The number of hydrogen-bond donors (Lipinski definition) is 2. The van der Waals surface area contributed by atoms with Crippen molar-refractivity contribution >= 4 is 16.8 Å². The molecule has 0 aliphatic carbocycles. The number of amides is 1. The van der Waals surface area contributed by atoms with Crippen molar-refractivity contribution in [2.45, 2.75) is 31.0 Å². The number of benzene rings is 1. The summed E-state index contributed by atoms with van der Waals surface area (Å²) >= 11 is 0. The fourth-order valence-electron chi connectivity index (χ4n) is 4.21. The molecule has 2 aliphatic rings. The van der Waals surface area contributed by atoms with Crippen molar-refractivity contribution in [3.63, 3.8) is 0 Å². The average molecular weight is 369 g/mol. The topological polar surface area (TPSA) is 76.9 Å². The summed E-state index contributed by atoms with van der Waals surface area (Å²) in [6, 6.07) is 12.0. The lowest BCUT2D eigenvalue weighted by Crippen LogP contribution is -2.54. The van der Waals surface area contributed by atoms with Crippen molar-refractivity contribution in [2.75, 3.05) is 33.2 Å². The van der Waals surface area contributed by atoms with E-state index in [9.17, 15) is 15.0 Å². The number of hydrogen-bond acceptors (Lipinski definition) is 5. The van der Waals surface area contributed by atoms with Gasteiger partial charge in [-0.25, -0.2) is 0 Å². The molecule has 2 aliphatic heterocycles. The Balaban J connectivity index is 1.44. The summed E-state index contributed by atoms with van der Waals surface area (Å²) in [5.41, 5.74) is 0.573. The molecule has 2 aromatic rings. The number of aromatic nitrogens is 1. The second-order valence-electron chi connectivity index (χ2n) is 8.07. The van der Waals surface area contributed by atoms with Gasteiger partial charge in [-0.05, 0) is 38.4 Å². The molecule has 2 saturated heterocycles. The van der Waals surface area contributed by atoms with E-state index in [1.807, 2.05) is 43.4 Å². The van der Waals surface area contributed by atoms with Crippen LogP contribution in [0.15, 0.2) is 36.4 Å². The normalized spacial score (nSPS) is 25.8. The molecule has 6 heteroatoms. The number of carbonyl (C=O) groups is 1. The molecule has 2 fully saturated rings. The van der Waals surface area contributed by atoms with E-state index in [2.05, 4.69) is 9.88 Å². The Kier molecular flexibility index (Phi) is 4.88. The van der Waals surface area contributed by atoms with Crippen LogP contribution >= 0.6 is 0 Å². The zero-order chi connectivity index (χ0) is 19.0. The third-order valence-corrected chi connectivity index (χ3v) is 6.03. The quantitative estimate of drug-likeness (QED) is 0.846. The predicted molar refractivity (Wildman–Crippen MR) is 103 cm³/mol. The second-order valence-corrected chi connectivity index (χ2v) is 8.07. The number of rotatable bonds is 3. The van der Waals surface area contributed by atoms with Crippen LogP contribution in [0.3, 0.4) is 0 Å². The van der Waals surface area contributed by atoms with Crippen LogP contribution in [0.1, 0.15) is 18.5 Å². The molecule has 0 bridgehead atoms. The fourth-order valence-corrected chi connectivity index (χ4v) is 4.21. The number of carbonyl (C=O) groups excluding carboxylic acids is 1. The van der Waals surface area contributed by atoms with Gasteiger partial charge in [0.15, 0.2) is 0 Å². The zero-order valence-electron chi connectivity index (χ0n) is 15.7. The van der Waals surface area contributed by atoms with Gasteiger partial charge in [0.2, 0.25) is 0 Å². The van der Waals surface area contributed by atoms with E-state index < -0.39 is 11.7 Å². The van der Waals surface area contributed by atoms with Crippen LogP contribution in [0.25, 0.3) is 10.9 Å². The molecular weight excluding hydrogens is 342 g/mol. The highest BCUT2D eigenvalue weighted by Crippen LogP contribution is 2.29. The first-order chi connectivity index (χ1) is 12.9. The van der Waals surface area contributed by atoms with Crippen molar-refractivity contribution in [3.8, 4) is 0 Å². The van der Waals surface area contributed by atoms with Gasteiger partial charge in [-0.3, -0.25) is 9.78 Å². The third-order valence-electron chi connectivity index (χ3n) is 6.03. The van der Waals surface area contributed by atoms with Gasteiger partial charge in [-0.1, -0.05) is 24.3 Å². The summed E-state index contributed by atoms with van der Waals surface area (Å²) in [4.78, 5) is 21.3.